The number of nitrogen functional groups attached to an aromatic ring is 1. The topological polar surface area (TPSA) is 128 Å². The Hall–Kier alpha value is -2.29. The Labute approximate surface area is 103 Å². The summed E-state index contributed by atoms with van der Waals surface area (Å²) in [6.07, 6.45) is 3.01. The van der Waals surface area contributed by atoms with Gasteiger partial charge in [0, 0.05) is 6.54 Å². The first-order chi connectivity index (χ1) is 8.69. The van der Waals surface area contributed by atoms with E-state index in [2.05, 4.69) is 30.4 Å². The standard InChI is InChI=1S/C9H14N8O/c1-2-6(18)3-12-8-14-7(10)15-9(16-8)17-5-11-4-13-17/h4-6,18H,2-3H2,1H3,(H3,10,12,14,15,16). The van der Waals surface area contributed by atoms with Crippen LogP contribution in [0.25, 0.3) is 5.95 Å². The molecular formula is C9H14N8O. The molecule has 0 amide bonds. The lowest BCUT2D eigenvalue weighted by atomic mass is 10.3. The number of hydrogen-bond acceptors (Lipinski definition) is 8. The van der Waals surface area contributed by atoms with E-state index < -0.39 is 6.10 Å². The highest BCUT2D eigenvalue weighted by Gasteiger charge is 2.08. The number of aliphatic hydroxyl groups excluding tert-OH is 1. The van der Waals surface area contributed by atoms with Gasteiger partial charge in [-0.05, 0) is 6.42 Å². The fraction of sp³-hybridized carbons (Fsp3) is 0.444. The molecule has 4 N–H and O–H groups in total. The molecule has 1 unspecified atom stereocenters. The van der Waals surface area contributed by atoms with Crippen LogP contribution in [0.3, 0.4) is 0 Å². The van der Waals surface area contributed by atoms with Gasteiger partial charge in [-0.15, -0.1) is 0 Å². The van der Waals surface area contributed by atoms with Crippen molar-refractivity contribution in [2.24, 2.45) is 0 Å². The molecule has 96 valence electrons. The van der Waals surface area contributed by atoms with Gasteiger partial charge in [-0.25, -0.2) is 4.98 Å². The van der Waals surface area contributed by atoms with Gasteiger partial charge in [0.05, 0.1) is 6.10 Å². The number of hydrogen-bond donors (Lipinski definition) is 3. The molecule has 0 fully saturated rings. The maximum absolute atomic E-state index is 9.45. The molecule has 0 aliphatic rings. The van der Waals surface area contributed by atoms with Crippen molar-refractivity contribution >= 4 is 11.9 Å². The molecule has 0 aromatic carbocycles. The van der Waals surface area contributed by atoms with Crippen LogP contribution in [0.2, 0.25) is 0 Å². The lowest BCUT2D eigenvalue weighted by Gasteiger charge is -2.10. The van der Waals surface area contributed by atoms with Crippen LogP contribution in [0, 0.1) is 0 Å². The summed E-state index contributed by atoms with van der Waals surface area (Å²) in [6.45, 7) is 2.23. The molecule has 2 aromatic heterocycles. The van der Waals surface area contributed by atoms with Gasteiger partial charge in [-0.2, -0.15) is 24.7 Å². The molecule has 0 saturated carbocycles. The van der Waals surface area contributed by atoms with Gasteiger partial charge < -0.3 is 16.2 Å². The third-order valence-corrected chi connectivity index (χ3v) is 2.23. The summed E-state index contributed by atoms with van der Waals surface area (Å²) in [7, 11) is 0. The highest BCUT2D eigenvalue weighted by Crippen LogP contribution is 2.06. The first kappa shape index (κ1) is 12.2. The van der Waals surface area contributed by atoms with Gasteiger partial charge in [0.2, 0.25) is 11.9 Å². The SMILES string of the molecule is CCC(O)CNc1nc(N)nc(-n2cncn2)n1. The summed E-state index contributed by atoms with van der Waals surface area (Å²) in [6, 6.07) is 0. The molecule has 0 saturated heterocycles. The van der Waals surface area contributed by atoms with E-state index in [1.807, 2.05) is 6.92 Å². The van der Waals surface area contributed by atoms with Gasteiger partial charge >= 0.3 is 0 Å². The Bertz CT molecular complexity index is 499. The number of aliphatic hydroxyl groups is 1. The average Bonchev–Trinajstić information content (AvgIpc) is 2.89. The van der Waals surface area contributed by atoms with Crippen molar-refractivity contribution < 1.29 is 5.11 Å². The molecule has 2 aromatic rings. The second kappa shape index (κ2) is 5.36. The van der Waals surface area contributed by atoms with E-state index in [9.17, 15) is 5.11 Å². The van der Waals surface area contributed by atoms with Crippen molar-refractivity contribution in [3.63, 3.8) is 0 Å². The predicted molar refractivity (Wildman–Crippen MR) is 63.9 cm³/mol. The molecule has 18 heavy (non-hydrogen) atoms. The Morgan fingerprint density at radius 3 is 2.94 bits per heavy atom. The third kappa shape index (κ3) is 2.88. The molecule has 9 nitrogen and oxygen atoms in total. The van der Waals surface area contributed by atoms with Crippen LogP contribution in [-0.4, -0.2) is 47.5 Å². The monoisotopic (exact) mass is 250 g/mol. The number of nitrogens with zero attached hydrogens (tertiary/aromatic N) is 6. The highest BCUT2D eigenvalue weighted by atomic mass is 16.3. The zero-order valence-electron chi connectivity index (χ0n) is 9.85. The summed E-state index contributed by atoms with van der Waals surface area (Å²) >= 11 is 0. The van der Waals surface area contributed by atoms with Crippen molar-refractivity contribution in [3.05, 3.63) is 12.7 Å². The minimum absolute atomic E-state index is 0.0731. The van der Waals surface area contributed by atoms with E-state index in [0.717, 1.165) is 0 Å². The number of nitrogens with two attached hydrogens (primary N) is 1. The van der Waals surface area contributed by atoms with Gasteiger partial charge in [-0.1, -0.05) is 6.92 Å². The molecule has 1 atom stereocenters. The molecule has 0 aliphatic carbocycles. The molecule has 9 heteroatoms. The normalized spacial score (nSPS) is 12.3. The molecule has 2 rings (SSSR count). The largest absolute Gasteiger partial charge is 0.391 e. The van der Waals surface area contributed by atoms with E-state index >= 15 is 0 Å². The molecule has 0 spiro atoms. The van der Waals surface area contributed by atoms with Crippen molar-refractivity contribution in [1.29, 1.82) is 0 Å². The van der Waals surface area contributed by atoms with Crippen LogP contribution in [0.15, 0.2) is 12.7 Å². The van der Waals surface area contributed by atoms with Crippen LogP contribution in [0.1, 0.15) is 13.3 Å². The lowest BCUT2D eigenvalue weighted by molar-refractivity contribution is 0.183. The van der Waals surface area contributed by atoms with Crippen LogP contribution >= 0.6 is 0 Å². The Kier molecular flexibility index (Phi) is 3.63. The summed E-state index contributed by atoms with van der Waals surface area (Å²) in [5, 5.41) is 16.2. The third-order valence-electron chi connectivity index (χ3n) is 2.23. The number of anilines is 2. The van der Waals surface area contributed by atoms with Crippen LogP contribution in [0.4, 0.5) is 11.9 Å². The number of aromatic nitrogens is 6. The smallest absolute Gasteiger partial charge is 0.258 e. The van der Waals surface area contributed by atoms with E-state index in [-0.39, 0.29) is 11.9 Å². The first-order valence-corrected chi connectivity index (χ1v) is 5.47. The molecular weight excluding hydrogens is 236 g/mol. The minimum atomic E-state index is -0.460. The fourth-order valence-electron chi connectivity index (χ4n) is 1.23. The Morgan fingerprint density at radius 1 is 1.44 bits per heavy atom. The van der Waals surface area contributed by atoms with Crippen LogP contribution < -0.4 is 11.1 Å². The van der Waals surface area contributed by atoms with Gasteiger partial charge in [0.25, 0.3) is 5.95 Å². The van der Waals surface area contributed by atoms with Crippen molar-refractivity contribution in [2.75, 3.05) is 17.6 Å². The molecule has 0 bridgehead atoms. The fourth-order valence-corrected chi connectivity index (χ4v) is 1.23. The maximum atomic E-state index is 9.45. The van der Waals surface area contributed by atoms with Crippen molar-refractivity contribution in [2.45, 2.75) is 19.4 Å². The zero-order valence-corrected chi connectivity index (χ0v) is 9.85. The number of rotatable bonds is 5. The lowest BCUT2D eigenvalue weighted by Crippen LogP contribution is -2.20. The van der Waals surface area contributed by atoms with Gasteiger partial charge in [0.1, 0.15) is 12.7 Å². The van der Waals surface area contributed by atoms with E-state index in [4.69, 9.17) is 5.73 Å². The minimum Gasteiger partial charge on any atom is -0.391 e. The Balaban J connectivity index is 2.17. The summed E-state index contributed by atoms with van der Waals surface area (Å²) in [5.74, 6) is 0.637. The zero-order chi connectivity index (χ0) is 13.0. The van der Waals surface area contributed by atoms with E-state index in [1.54, 1.807) is 0 Å². The first-order valence-electron chi connectivity index (χ1n) is 5.47. The highest BCUT2D eigenvalue weighted by molar-refractivity contribution is 5.34. The van der Waals surface area contributed by atoms with Crippen LogP contribution in [0.5, 0.6) is 0 Å². The molecule has 0 radical (unpaired) electrons. The second-order valence-corrected chi connectivity index (χ2v) is 3.60. The number of nitrogens with one attached hydrogen (secondary N) is 1. The quantitative estimate of drug-likeness (QED) is 0.630. The van der Waals surface area contributed by atoms with Crippen molar-refractivity contribution in [3.8, 4) is 5.95 Å². The summed E-state index contributed by atoms with van der Waals surface area (Å²) in [5.41, 5.74) is 5.58. The van der Waals surface area contributed by atoms with E-state index in [0.29, 0.717) is 18.9 Å². The van der Waals surface area contributed by atoms with Crippen LogP contribution in [-0.2, 0) is 0 Å². The molecule has 2 heterocycles. The van der Waals surface area contributed by atoms with E-state index in [1.165, 1.54) is 17.3 Å². The second-order valence-electron chi connectivity index (χ2n) is 3.60. The average molecular weight is 250 g/mol. The maximum Gasteiger partial charge on any atom is 0.258 e. The predicted octanol–water partition coefficient (Wildman–Crippen LogP) is -0.783. The Morgan fingerprint density at radius 2 is 2.28 bits per heavy atom. The summed E-state index contributed by atoms with van der Waals surface area (Å²) < 4.78 is 1.37. The van der Waals surface area contributed by atoms with Gasteiger partial charge in [-0.3, -0.25) is 0 Å². The molecule has 0 aliphatic heterocycles. The summed E-state index contributed by atoms with van der Waals surface area (Å²) in [4.78, 5) is 15.8. The van der Waals surface area contributed by atoms with Gasteiger partial charge in [0.15, 0.2) is 0 Å². The van der Waals surface area contributed by atoms with Crippen molar-refractivity contribution in [1.82, 2.24) is 29.7 Å².